The van der Waals surface area contributed by atoms with E-state index in [0.29, 0.717) is 6.42 Å². The maximum Gasteiger partial charge on any atom is 0.159 e. The topological polar surface area (TPSA) is 17.1 Å². The van der Waals surface area contributed by atoms with Crippen molar-refractivity contribution in [2.75, 3.05) is 0 Å². The molecule has 0 N–H and O–H groups in total. The van der Waals surface area contributed by atoms with Crippen LogP contribution in [-0.2, 0) is 4.79 Å². The molecule has 0 aliphatic rings. The molecule has 0 heterocycles. The van der Waals surface area contributed by atoms with Crippen LogP contribution in [0.1, 0.15) is 19.8 Å². The third kappa shape index (κ3) is 5.01. The van der Waals surface area contributed by atoms with Crippen LogP contribution in [0.25, 0.3) is 0 Å². The molecule has 0 aliphatic carbocycles. The van der Waals surface area contributed by atoms with E-state index in [-0.39, 0.29) is 5.78 Å². The molecule has 0 amide bonds. The standard InChI is InChI=1S/C8H12O/c1-3-5-7-8(9)6-4-2/h4-5,7H,2-3,6H2,1H3. The molecular formula is C8H12O. The summed E-state index contributed by atoms with van der Waals surface area (Å²) >= 11 is 0. The highest BCUT2D eigenvalue weighted by molar-refractivity contribution is 5.90. The molecule has 0 aromatic carbocycles. The van der Waals surface area contributed by atoms with Gasteiger partial charge in [-0.05, 0) is 12.5 Å². The monoisotopic (exact) mass is 124 g/mol. The van der Waals surface area contributed by atoms with Gasteiger partial charge in [-0.25, -0.2) is 0 Å². The lowest BCUT2D eigenvalue weighted by atomic mass is 10.2. The van der Waals surface area contributed by atoms with Gasteiger partial charge in [-0.2, -0.15) is 0 Å². The van der Waals surface area contributed by atoms with E-state index in [1.807, 2.05) is 13.0 Å². The average molecular weight is 124 g/mol. The zero-order valence-electron chi connectivity index (χ0n) is 5.76. The summed E-state index contributed by atoms with van der Waals surface area (Å²) in [4.78, 5) is 10.6. The number of carbonyl (C=O) groups excluding carboxylic acids is 1. The Morgan fingerprint density at radius 1 is 1.67 bits per heavy atom. The summed E-state index contributed by atoms with van der Waals surface area (Å²) in [5, 5.41) is 0. The van der Waals surface area contributed by atoms with E-state index < -0.39 is 0 Å². The summed E-state index contributed by atoms with van der Waals surface area (Å²) < 4.78 is 0. The first kappa shape index (κ1) is 8.15. The first-order valence-electron chi connectivity index (χ1n) is 3.11. The minimum atomic E-state index is 0.131. The SMILES string of the molecule is C=CCC(=O)C=CCC. The lowest BCUT2D eigenvalue weighted by Gasteiger charge is -1.82. The van der Waals surface area contributed by atoms with Gasteiger partial charge in [-0.3, -0.25) is 4.79 Å². The summed E-state index contributed by atoms with van der Waals surface area (Å²) in [6.45, 7) is 5.45. The summed E-state index contributed by atoms with van der Waals surface area (Å²) in [6.07, 6.45) is 6.44. The molecule has 0 aromatic heterocycles. The van der Waals surface area contributed by atoms with Crippen LogP contribution in [0.4, 0.5) is 0 Å². The van der Waals surface area contributed by atoms with Crippen molar-refractivity contribution in [2.24, 2.45) is 0 Å². The maximum absolute atomic E-state index is 10.6. The van der Waals surface area contributed by atoms with Crippen LogP contribution >= 0.6 is 0 Å². The molecule has 0 saturated heterocycles. The second kappa shape index (κ2) is 5.29. The molecule has 0 aromatic rings. The smallest absolute Gasteiger partial charge is 0.159 e. The lowest BCUT2D eigenvalue weighted by Crippen LogP contribution is -1.87. The number of rotatable bonds is 4. The van der Waals surface area contributed by atoms with Crippen molar-refractivity contribution in [1.82, 2.24) is 0 Å². The van der Waals surface area contributed by atoms with Crippen molar-refractivity contribution >= 4 is 5.78 Å². The van der Waals surface area contributed by atoms with E-state index in [4.69, 9.17) is 0 Å². The van der Waals surface area contributed by atoms with Gasteiger partial charge in [-0.1, -0.05) is 19.1 Å². The second-order valence-electron chi connectivity index (χ2n) is 1.77. The summed E-state index contributed by atoms with van der Waals surface area (Å²) in [5.41, 5.74) is 0. The van der Waals surface area contributed by atoms with Gasteiger partial charge in [0.1, 0.15) is 0 Å². The van der Waals surface area contributed by atoms with Crippen LogP contribution in [0.3, 0.4) is 0 Å². The molecule has 0 fully saturated rings. The molecule has 0 radical (unpaired) electrons. The van der Waals surface area contributed by atoms with E-state index in [1.165, 1.54) is 0 Å². The van der Waals surface area contributed by atoms with Crippen molar-refractivity contribution in [2.45, 2.75) is 19.8 Å². The second-order valence-corrected chi connectivity index (χ2v) is 1.77. The summed E-state index contributed by atoms with van der Waals surface area (Å²) in [5.74, 6) is 0.131. The number of ketones is 1. The minimum absolute atomic E-state index is 0.131. The molecule has 1 heteroatoms. The van der Waals surface area contributed by atoms with Gasteiger partial charge in [-0.15, -0.1) is 6.58 Å². The Morgan fingerprint density at radius 2 is 2.33 bits per heavy atom. The Kier molecular flexibility index (Phi) is 4.79. The predicted molar refractivity (Wildman–Crippen MR) is 39.3 cm³/mol. The van der Waals surface area contributed by atoms with E-state index >= 15 is 0 Å². The van der Waals surface area contributed by atoms with Gasteiger partial charge in [0.15, 0.2) is 5.78 Å². The highest BCUT2D eigenvalue weighted by Gasteiger charge is 1.87. The molecule has 0 spiro atoms. The molecule has 0 atom stereocenters. The fraction of sp³-hybridized carbons (Fsp3) is 0.375. The van der Waals surface area contributed by atoms with Crippen LogP contribution < -0.4 is 0 Å². The third-order valence-corrected chi connectivity index (χ3v) is 0.885. The fourth-order valence-electron chi connectivity index (χ4n) is 0.460. The van der Waals surface area contributed by atoms with Gasteiger partial charge in [0.05, 0.1) is 0 Å². The van der Waals surface area contributed by atoms with Crippen molar-refractivity contribution in [3.05, 3.63) is 24.8 Å². The third-order valence-electron chi connectivity index (χ3n) is 0.885. The van der Waals surface area contributed by atoms with E-state index in [2.05, 4.69) is 6.58 Å². The minimum Gasteiger partial charge on any atom is -0.295 e. The Bertz CT molecular complexity index is 123. The van der Waals surface area contributed by atoms with E-state index in [1.54, 1.807) is 12.2 Å². The van der Waals surface area contributed by atoms with Crippen molar-refractivity contribution < 1.29 is 4.79 Å². The zero-order chi connectivity index (χ0) is 7.11. The van der Waals surface area contributed by atoms with Crippen LogP contribution in [0, 0.1) is 0 Å². The van der Waals surface area contributed by atoms with E-state index in [0.717, 1.165) is 6.42 Å². The molecule has 50 valence electrons. The molecule has 0 rings (SSSR count). The van der Waals surface area contributed by atoms with E-state index in [9.17, 15) is 4.79 Å². The van der Waals surface area contributed by atoms with Crippen molar-refractivity contribution in [3.8, 4) is 0 Å². The Labute approximate surface area is 56.1 Å². The number of hydrogen-bond acceptors (Lipinski definition) is 1. The van der Waals surface area contributed by atoms with Crippen molar-refractivity contribution in [1.29, 1.82) is 0 Å². The Balaban J connectivity index is 3.49. The normalized spacial score (nSPS) is 9.89. The van der Waals surface area contributed by atoms with Crippen molar-refractivity contribution in [3.63, 3.8) is 0 Å². The molecule has 0 unspecified atom stereocenters. The summed E-state index contributed by atoms with van der Waals surface area (Å²) in [7, 11) is 0. The predicted octanol–water partition coefficient (Wildman–Crippen LogP) is 2.10. The lowest BCUT2D eigenvalue weighted by molar-refractivity contribution is -0.113. The highest BCUT2D eigenvalue weighted by Crippen LogP contribution is 1.87. The van der Waals surface area contributed by atoms with Gasteiger partial charge in [0.2, 0.25) is 0 Å². The largest absolute Gasteiger partial charge is 0.295 e. The van der Waals surface area contributed by atoms with Gasteiger partial charge in [0.25, 0.3) is 0 Å². The molecule has 0 bridgehead atoms. The zero-order valence-corrected chi connectivity index (χ0v) is 5.76. The van der Waals surface area contributed by atoms with Crippen LogP contribution in [0.5, 0.6) is 0 Å². The number of hydrogen-bond donors (Lipinski definition) is 0. The Hall–Kier alpha value is -0.850. The quantitative estimate of drug-likeness (QED) is 0.414. The van der Waals surface area contributed by atoms with Gasteiger partial charge < -0.3 is 0 Å². The maximum atomic E-state index is 10.6. The summed E-state index contributed by atoms with van der Waals surface area (Å²) in [6, 6.07) is 0. The van der Waals surface area contributed by atoms with Crippen LogP contribution in [0.15, 0.2) is 24.8 Å². The Morgan fingerprint density at radius 3 is 2.78 bits per heavy atom. The van der Waals surface area contributed by atoms with Gasteiger partial charge >= 0.3 is 0 Å². The molecule has 1 nitrogen and oxygen atoms in total. The molecular weight excluding hydrogens is 112 g/mol. The average Bonchev–Trinajstić information content (AvgIpc) is 1.85. The highest BCUT2D eigenvalue weighted by atomic mass is 16.1. The molecule has 0 aliphatic heterocycles. The first-order chi connectivity index (χ1) is 4.31. The number of carbonyl (C=O) groups is 1. The fourth-order valence-corrected chi connectivity index (χ4v) is 0.460. The number of allylic oxidation sites excluding steroid dienone is 3. The molecule has 0 saturated carbocycles. The first-order valence-corrected chi connectivity index (χ1v) is 3.11. The molecule has 9 heavy (non-hydrogen) atoms. The van der Waals surface area contributed by atoms with Crippen LogP contribution in [-0.4, -0.2) is 5.78 Å². The van der Waals surface area contributed by atoms with Crippen LogP contribution in [0.2, 0.25) is 0 Å². The van der Waals surface area contributed by atoms with Gasteiger partial charge in [0, 0.05) is 6.42 Å².